The van der Waals surface area contributed by atoms with Crippen LogP contribution < -0.4 is 5.32 Å². The lowest BCUT2D eigenvalue weighted by Gasteiger charge is -2.26. The van der Waals surface area contributed by atoms with Crippen molar-refractivity contribution in [2.45, 2.75) is 25.8 Å². The number of nitrogens with zero attached hydrogens (tertiary/aromatic N) is 2. The number of rotatable bonds is 4. The smallest absolute Gasteiger partial charge is 0.276 e. The number of H-pyrrole nitrogens is 1. The maximum Gasteiger partial charge on any atom is 0.276 e. The van der Waals surface area contributed by atoms with Crippen molar-refractivity contribution in [3.63, 3.8) is 0 Å². The number of carbonyl (C=O) groups is 1. The lowest BCUT2D eigenvalue weighted by Crippen LogP contribution is -2.29. The van der Waals surface area contributed by atoms with E-state index in [0.717, 1.165) is 36.2 Å². The minimum atomic E-state index is -0.187. The summed E-state index contributed by atoms with van der Waals surface area (Å²) in [6.45, 7) is 3.26. The lowest BCUT2D eigenvalue weighted by molar-refractivity contribution is 0.102. The number of piperidine rings is 1. The third-order valence-corrected chi connectivity index (χ3v) is 4.73. The van der Waals surface area contributed by atoms with E-state index in [0.29, 0.717) is 5.69 Å². The Morgan fingerprint density at radius 2 is 1.92 bits per heavy atom. The van der Waals surface area contributed by atoms with E-state index in [1.807, 2.05) is 36.4 Å². The zero-order valence-corrected chi connectivity index (χ0v) is 14.2. The number of para-hydroxylation sites is 1. The highest BCUT2D eigenvalue weighted by atomic mass is 16.1. The van der Waals surface area contributed by atoms with Gasteiger partial charge in [-0.25, -0.2) is 0 Å². The number of nitrogens with one attached hydrogen (secondary N) is 2. The van der Waals surface area contributed by atoms with Crippen LogP contribution in [-0.4, -0.2) is 34.1 Å². The van der Waals surface area contributed by atoms with Crippen LogP contribution in [-0.2, 0) is 6.54 Å². The molecule has 25 heavy (non-hydrogen) atoms. The van der Waals surface area contributed by atoms with Gasteiger partial charge in [0.25, 0.3) is 5.91 Å². The Labute approximate surface area is 147 Å². The molecule has 4 rings (SSSR count). The highest BCUT2D eigenvalue weighted by Gasteiger charge is 2.15. The van der Waals surface area contributed by atoms with Crippen molar-refractivity contribution in [1.82, 2.24) is 15.1 Å². The summed E-state index contributed by atoms with van der Waals surface area (Å²) in [6.07, 6.45) is 3.90. The lowest BCUT2D eigenvalue weighted by atomic mass is 10.1. The van der Waals surface area contributed by atoms with E-state index in [1.54, 1.807) is 0 Å². The summed E-state index contributed by atoms with van der Waals surface area (Å²) in [6, 6.07) is 15.7. The number of benzene rings is 2. The molecule has 3 aromatic rings. The fraction of sp³-hybridized carbons (Fsp3) is 0.300. The van der Waals surface area contributed by atoms with E-state index in [2.05, 4.69) is 32.5 Å². The largest absolute Gasteiger partial charge is 0.321 e. The molecule has 0 bridgehead atoms. The van der Waals surface area contributed by atoms with E-state index in [4.69, 9.17) is 0 Å². The molecule has 1 aliphatic rings. The van der Waals surface area contributed by atoms with Crippen LogP contribution in [0.25, 0.3) is 10.9 Å². The van der Waals surface area contributed by atoms with E-state index < -0.39 is 0 Å². The zero-order valence-electron chi connectivity index (χ0n) is 14.2. The predicted molar refractivity (Wildman–Crippen MR) is 99.6 cm³/mol. The minimum Gasteiger partial charge on any atom is -0.321 e. The molecule has 0 saturated carbocycles. The molecule has 2 aromatic carbocycles. The number of hydrogen-bond donors (Lipinski definition) is 2. The van der Waals surface area contributed by atoms with E-state index in [1.165, 1.54) is 24.8 Å². The molecule has 2 N–H and O–H groups in total. The number of likely N-dealkylation sites (tertiary alicyclic amines) is 1. The summed E-state index contributed by atoms with van der Waals surface area (Å²) < 4.78 is 0. The molecule has 1 aliphatic heterocycles. The molecular weight excluding hydrogens is 312 g/mol. The molecule has 0 aliphatic carbocycles. The molecule has 2 heterocycles. The highest BCUT2D eigenvalue weighted by Crippen LogP contribution is 2.19. The SMILES string of the molecule is O=C(Nc1cccc(CN2CCCCC2)c1)c1n[nH]c2ccccc12. The number of anilines is 1. The summed E-state index contributed by atoms with van der Waals surface area (Å²) in [7, 11) is 0. The number of aromatic nitrogens is 2. The summed E-state index contributed by atoms with van der Waals surface area (Å²) in [5.41, 5.74) is 3.33. The number of hydrogen-bond acceptors (Lipinski definition) is 3. The van der Waals surface area contributed by atoms with E-state index in [-0.39, 0.29) is 5.91 Å². The first-order valence-corrected chi connectivity index (χ1v) is 8.85. The van der Waals surface area contributed by atoms with Gasteiger partial charge in [0.1, 0.15) is 0 Å². The van der Waals surface area contributed by atoms with Crippen molar-refractivity contribution < 1.29 is 4.79 Å². The Morgan fingerprint density at radius 1 is 1.08 bits per heavy atom. The van der Waals surface area contributed by atoms with Crippen molar-refractivity contribution >= 4 is 22.5 Å². The molecule has 1 amide bonds. The molecular formula is C20H22N4O. The Balaban J connectivity index is 1.48. The predicted octanol–water partition coefficient (Wildman–Crippen LogP) is 3.80. The monoisotopic (exact) mass is 334 g/mol. The van der Waals surface area contributed by atoms with Crippen LogP contribution in [0.3, 0.4) is 0 Å². The minimum absolute atomic E-state index is 0.187. The Morgan fingerprint density at radius 3 is 2.80 bits per heavy atom. The van der Waals surface area contributed by atoms with Crippen molar-refractivity contribution in [3.8, 4) is 0 Å². The molecule has 0 unspecified atom stereocenters. The van der Waals surface area contributed by atoms with E-state index in [9.17, 15) is 4.79 Å². The fourth-order valence-corrected chi connectivity index (χ4v) is 3.45. The molecule has 0 atom stereocenters. The first kappa shape index (κ1) is 15.8. The van der Waals surface area contributed by atoms with Crippen LogP contribution in [0.1, 0.15) is 35.3 Å². The highest BCUT2D eigenvalue weighted by molar-refractivity contribution is 6.11. The standard InChI is InChI=1S/C20H22N4O/c25-20(19-17-9-2-3-10-18(17)22-23-19)21-16-8-6-7-15(13-16)14-24-11-4-1-5-12-24/h2-3,6-10,13H,1,4-5,11-12,14H2,(H,21,25)(H,22,23). The number of amides is 1. The van der Waals surface area contributed by atoms with Crippen LogP contribution in [0.4, 0.5) is 5.69 Å². The maximum absolute atomic E-state index is 12.6. The Bertz CT molecular complexity index is 880. The maximum atomic E-state index is 12.6. The first-order chi connectivity index (χ1) is 12.3. The van der Waals surface area contributed by atoms with Gasteiger partial charge < -0.3 is 5.32 Å². The van der Waals surface area contributed by atoms with Crippen molar-refractivity contribution in [3.05, 3.63) is 59.8 Å². The van der Waals surface area contributed by atoms with Crippen molar-refractivity contribution in [1.29, 1.82) is 0 Å². The Hall–Kier alpha value is -2.66. The average molecular weight is 334 g/mol. The zero-order chi connectivity index (χ0) is 17.1. The summed E-state index contributed by atoms with van der Waals surface area (Å²) in [4.78, 5) is 15.1. The molecule has 128 valence electrons. The van der Waals surface area contributed by atoms with Gasteiger partial charge in [-0.15, -0.1) is 0 Å². The summed E-state index contributed by atoms with van der Waals surface area (Å²) >= 11 is 0. The van der Waals surface area contributed by atoms with Gasteiger partial charge in [0.2, 0.25) is 0 Å². The summed E-state index contributed by atoms with van der Waals surface area (Å²) in [5.74, 6) is -0.187. The van der Waals surface area contributed by atoms with Gasteiger partial charge in [-0.05, 0) is 49.7 Å². The van der Waals surface area contributed by atoms with Crippen molar-refractivity contribution in [2.24, 2.45) is 0 Å². The quantitative estimate of drug-likeness (QED) is 0.763. The third-order valence-electron chi connectivity index (χ3n) is 4.73. The number of fused-ring (bicyclic) bond motifs is 1. The van der Waals surface area contributed by atoms with Gasteiger partial charge in [-0.3, -0.25) is 14.8 Å². The topological polar surface area (TPSA) is 61.0 Å². The molecule has 5 nitrogen and oxygen atoms in total. The molecule has 1 saturated heterocycles. The second kappa shape index (κ2) is 7.07. The molecule has 0 radical (unpaired) electrons. The van der Waals surface area contributed by atoms with Crippen LogP contribution in [0.15, 0.2) is 48.5 Å². The second-order valence-corrected chi connectivity index (χ2v) is 6.61. The Kier molecular flexibility index (Phi) is 4.48. The van der Waals surface area contributed by atoms with Gasteiger partial charge in [-0.1, -0.05) is 36.8 Å². The van der Waals surface area contributed by atoms with Gasteiger partial charge in [0.15, 0.2) is 5.69 Å². The number of aromatic amines is 1. The molecule has 1 aromatic heterocycles. The van der Waals surface area contributed by atoms with Crippen LogP contribution >= 0.6 is 0 Å². The van der Waals surface area contributed by atoms with Gasteiger partial charge in [0, 0.05) is 17.6 Å². The van der Waals surface area contributed by atoms with Gasteiger partial charge >= 0.3 is 0 Å². The van der Waals surface area contributed by atoms with Gasteiger partial charge in [0.05, 0.1) is 5.52 Å². The first-order valence-electron chi connectivity index (χ1n) is 8.85. The molecule has 5 heteroatoms. The normalized spacial score (nSPS) is 15.4. The molecule has 0 spiro atoms. The van der Waals surface area contributed by atoms with Crippen LogP contribution in [0.5, 0.6) is 0 Å². The van der Waals surface area contributed by atoms with E-state index >= 15 is 0 Å². The third kappa shape index (κ3) is 3.56. The van der Waals surface area contributed by atoms with Crippen molar-refractivity contribution in [2.75, 3.05) is 18.4 Å². The summed E-state index contributed by atoms with van der Waals surface area (Å²) in [5, 5.41) is 10.9. The average Bonchev–Trinajstić information content (AvgIpc) is 3.07. The second-order valence-electron chi connectivity index (χ2n) is 6.61. The number of carbonyl (C=O) groups excluding carboxylic acids is 1. The van der Waals surface area contributed by atoms with Crippen LogP contribution in [0, 0.1) is 0 Å². The van der Waals surface area contributed by atoms with Crippen LogP contribution in [0.2, 0.25) is 0 Å². The fourth-order valence-electron chi connectivity index (χ4n) is 3.45. The van der Waals surface area contributed by atoms with Gasteiger partial charge in [-0.2, -0.15) is 5.10 Å². The molecule has 1 fully saturated rings.